The maximum absolute atomic E-state index is 13.7. The van der Waals surface area contributed by atoms with E-state index in [0.717, 1.165) is 30.3 Å². The molecule has 49 heavy (non-hydrogen) atoms. The van der Waals surface area contributed by atoms with Crippen LogP contribution < -0.4 is 10.9 Å². The number of rotatable bonds is 4. The standard InChI is InChI=1S/C26H32N8O11P2S2/c35-5-4-32-11-31-23-18(24(32)37)30-12-34(23)25-15-6-14(42-25)8-40-47(39,49)45-20-16(9-41-46(38,48)44-15)43-26(19(20)36)33-7-13-2-1-3-27-21-17(13)22(33)29-10-28-21/h7,10-12,14-16,19-20,25-26,35-36H,1-6,8-9H2,(H,38,48)(H,39,49)(H,27,28,29)/t14-,15+,16+,19+,20+,25+,26+,46?,47?/m0/s1. The van der Waals surface area contributed by atoms with Crippen LogP contribution in [0.2, 0.25) is 0 Å². The second-order valence-corrected chi connectivity index (χ2v) is 17.7. The van der Waals surface area contributed by atoms with Crippen LogP contribution in [0.3, 0.4) is 0 Å². The fourth-order valence-electron chi connectivity index (χ4n) is 6.67. The first-order valence-corrected chi connectivity index (χ1v) is 20.8. The highest BCUT2D eigenvalue weighted by atomic mass is 32.7. The summed E-state index contributed by atoms with van der Waals surface area (Å²) in [7, 11) is 0. The van der Waals surface area contributed by atoms with Gasteiger partial charge in [0.15, 0.2) is 23.6 Å². The molecular weight excluding hydrogens is 726 g/mol. The van der Waals surface area contributed by atoms with Gasteiger partial charge < -0.3 is 29.6 Å². The Morgan fingerprint density at radius 1 is 0.959 bits per heavy atom. The van der Waals surface area contributed by atoms with Crippen LogP contribution in [0.25, 0.3) is 22.2 Å². The Hall–Kier alpha value is -2.39. The van der Waals surface area contributed by atoms with E-state index in [1.54, 1.807) is 4.57 Å². The highest BCUT2D eigenvalue weighted by Gasteiger charge is 2.51. The van der Waals surface area contributed by atoms with Gasteiger partial charge in [0.2, 0.25) is 0 Å². The summed E-state index contributed by atoms with van der Waals surface area (Å²) >= 11 is 8.41. The molecule has 3 N–H and O–H groups in total. The molecule has 4 aliphatic rings. The third-order valence-corrected chi connectivity index (χ3v) is 12.1. The summed E-state index contributed by atoms with van der Waals surface area (Å²) in [5.41, 5.74) is 1.16. The van der Waals surface area contributed by atoms with Gasteiger partial charge in [0.05, 0.1) is 44.2 Å². The van der Waals surface area contributed by atoms with Crippen LogP contribution in [0.1, 0.15) is 30.9 Å². The normalized spacial score (nSPS) is 35.3. The minimum atomic E-state index is -4.18. The van der Waals surface area contributed by atoms with E-state index in [1.807, 2.05) is 6.20 Å². The first-order chi connectivity index (χ1) is 23.5. The molecule has 0 spiro atoms. The third kappa shape index (κ3) is 6.27. The Morgan fingerprint density at radius 2 is 1.78 bits per heavy atom. The van der Waals surface area contributed by atoms with Gasteiger partial charge in [-0.15, -0.1) is 0 Å². The van der Waals surface area contributed by atoms with Crippen molar-refractivity contribution in [3.8, 4) is 0 Å². The number of ether oxygens (including phenoxy) is 2. The Balaban J connectivity index is 1.08. The van der Waals surface area contributed by atoms with Crippen LogP contribution >= 0.6 is 38.1 Å². The summed E-state index contributed by atoms with van der Waals surface area (Å²) in [5, 5.41) is 24.9. The third-order valence-electron chi connectivity index (χ3n) is 8.85. The number of aliphatic hydroxyl groups excluding tert-OH is 2. The molecule has 0 aliphatic carbocycles. The molecule has 9 atom stereocenters. The largest absolute Gasteiger partial charge is 0.395 e. The lowest BCUT2D eigenvalue weighted by atomic mass is 10.1. The molecule has 4 aliphatic heterocycles. The van der Waals surface area contributed by atoms with E-state index in [2.05, 4.69) is 49.7 Å². The summed E-state index contributed by atoms with van der Waals surface area (Å²) in [6, 6.07) is 0. The van der Waals surface area contributed by atoms with Gasteiger partial charge >= 0.3 is 13.6 Å². The molecule has 2 unspecified atom stereocenters. The molecular formula is C26H32N8O11P2S2. The van der Waals surface area contributed by atoms with Crippen LogP contribution in [0, 0.1) is 0 Å². The van der Waals surface area contributed by atoms with E-state index in [0.29, 0.717) is 11.5 Å². The van der Waals surface area contributed by atoms with Crippen LogP contribution in [-0.2, 0) is 49.7 Å². The van der Waals surface area contributed by atoms with E-state index < -0.39 is 68.7 Å². The number of nitrogens with one attached hydrogen (secondary N) is 1. The van der Waals surface area contributed by atoms with Crippen LogP contribution in [-0.4, -0.2) is 101 Å². The molecule has 8 heterocycles. The van der Waals surface area contributed by atoms with Gasteiger partial charge in [-0.25, -0.2) is 29.1 Å². The Labute approximate surface area is 287 Å². The zero-order valence-corrected chi connectivity index (χ0v) is 29.1. The minimum absolute atomic E-state index is 0.0159. The summed E-state index contributed by atoms with van der Waals surface area (Å²) in [6.45, 7) is -8.60. The smallest absolute Gasteiger partial charge is 0.386 e. The van der Waals surface area contributed by atoms with Gasteiger partial charge in [-0.1, -0.05) is 24.5 Å². The summed E-state index contributed by atoms with van der Waals surface area (Å²) in [6.07, 6.45) is -0.228. The molecule has 23 heteroatoms. The van der Waals surface area contributed by atoms with E-state index >= 15 is 0 Å². The highest BCUT2D eigenvalue weighted by molar-refractivity contribution is 8.44. The van der Waals surface area contributed by atoms with Crippen molar-refractivity contribution in [1.29, 1.82) is 0 Å². The monoisotopic (exact) mass is 758 g/mol. The topological polar surface area (TPSA) is 225 Å². The number of fused-ring (bicyclic) bond motifs is 4. The summed E-state index contributed by atoms with van der Waals surface area (Å²) in [5.74, 6) is 0.667. The molecule has 0 saturated carbocycles. The maximum Gasteiger partial charge on any atom is 0.386 e. The average molecular weight is 759 g/mol. The lowest BCUT2D eigenvalue weighted by Gasteiger charge is -2.26. The maximum atomic E-state index is 13.7. The van der Waals surface area contributed by atoms with Gasteiger partial charge in [-0.05, 0) is 18.4 Å². The van der Waals surface area contributed by atoms with E-state index in [1.165, 1.54) is 28.1 Å². The second kappa shape index (κ2) is 13.0. The number of nitrogens with zero attached hydrogens (tertiary/aromatic N) is 7. The van der Waals surface area contributed by atoms with Gasteiger partial charge in [0.1, 0.15) is 48.5 Å². The number of hydrogen-bond acceptors (Lipinski definition) is 16. The number of aryl methyl sites for hydroxylation is 1. The molecule has 3 fully saturated rings. The van der Waals surface area contributed by atoms with Gasteiger partial charge in [0, 0.05) is 19.2 Å². The van der Waals surface area contributed by atoms with Crippen molar-refractivity contribution in [1.82, 2.24) is 33.6 Å². The molecule has 4 aromatic heterocycles. The SMILES string of the molecule is O=c1c2ncn([C@@H]3O[C@@H]4COP(=O)(S)O[C@H]5[C@@H](O)[C@H](n6cc7c8c(ncnc86)NCCC7)O[C@@H]5COP(=O)(S)O[C@@H]3C4)c2ncn1CCO. The van der Waals surface area contributed by atoms with Gasteiger partial charge in [-0.2, -0.15) is 0 Å². The number of hydrogen-bond donors (Lipinski definition) is 5. The average Bonchev–Trinajstić information content (AvgIpc) is 3.79. The molecule has 2 bridgehead atoms. The van der Waals surface area contributed by atoms with Crippen LogP contribution in [0.15, 0.2) is 30.0 Å². The molecule has 8 rings (SSSR count). The molecule has 3 saturated heterocycles. The summed E-state index contributed by atoms with van der Waals surface area (Å²) < 4.78 is 67.1. The predicted molar refractivity (Wildman–Crippen MR) is 176 cm³/mol. The Kier molecular flexibility index (Phi) is 8.94. The first kappa shape index (κ1) is 33.7. The van der Waals surface area contributed by atoms with E-state index in [-0.39, 0.29) is 37.3 Å². The van der Waals surface area contributed by atoms with Gasteiger partial charge in [0.25, 0.3) is 5.56 Å². The van der Waals surface area contributed by atoms with Crippen molar-refractivity contribution in [3.05, 3.63) is 41.1 Å². The first-order valence-electron chi connectivity index (χ1n) is 15.4. The minimum Gasteiger partial charge on any atom is -0.395 e. The molecule has 4 aromatic rings. The number of anilines is 1. The number of thiol groups is 2. The lowest BCUT2D eigenvalue weighted by Crippen LogP contribution is -2.35. The predicted octanol–water partition coefficient (Wildman–Crippen LogP) is 1.83. The Bertz CT molecular complexity index is 2060. The van der Waals surface area contributed by atoms with Crippen molar-refractivity contribution < 1.29 is 46.9 Å². The fourth-order valence-corrected chi connectivity index (χ4v) is 9.67. The van der Waals surface area contributed by atoms with Crippen LogP contribution in [0.5, 0.6) is 0 Å². The number of aliphatic hydroxyl groups is 2. The van der Waals surface area contributed by atoms with Crippen molar-refractivity contribution in [2.45, 2.75) is 68.8 Å². The van der Waals surface area contributed by atoms with E-state index in [4.69, 9.17) is 27.6 Å². The van der Waals surface area contributed by atoms with Crippen LogP contribution in [0.4, 0.5) is 5.82 Å². The molecule has 0 radical (unpaired) electrons. The molecule has 0 aromatic carbocycles. The van der Waals surface area contributed by atoms with Crippen molar-refractivity contribution in [2.75, 3.05) is 31.7 Å². The van der Waals surface area contributed by atoms with Crippen molar-refractivity contribution in [2.24, 2.45) is 0 Å². The lowest BCUT2D eigenvalue weighted by molar-refractivity contribution is -0.0570. The highest BCUT2D eigenvalue weighted by Crippen LogP contribution is 2.60. The van der Waals surface area contributed by atoms with Crippen molar-refractivity contribution in [3.63, 3.8) is 0 Å². The molecule has 264 valence electrons. The quantitative estimate of drug-likeness (QED) is 0.148. The van der Waals surface area contributed by atoms with Gasteiger partial charge in [-0.3, -0.25) is 32.0 Å². The zero-order chi connectivity index (χ0) is 34.1. The zero-order valence-electron chi connectivity index (χ0n) is 25.5. The van der Waals surface area contributed by atoms with Crippen molar-refractivity contribution >= 4 is 66.1 Å². The number of aromatic nitrogens is 7. The Morgan fingerprint density at radius 3 is 2.61 bits per heavy atom. The molecule has 19 nitrogen and oxygen atoms in total. The number of imidazole rings is 1. The second-order valence-electron chi connectivity index (χ2n) is 12.0. The van der Waals surface area contributed by atoms with E-state index in [9.17, 15) is 24.1 Å². The molecule has 0 amide bonds. The summed E-state index contributed by atoms with van der Waals surface area (Å²) in [4.78, 5) is 30.2. The fraction of sp³-hybridized carbons (Fsp3) is 0.577.